The van der Waals surface area contributed by atoms with Crippen molar-refractivity contribution >= 4 is 34.5 Å². The van der Waals surface area contributed by atoms with Gasteiger partial charge in [0.05, 0.1) is 16.8 Å². The lowest BCUT2D eigenvalue weighted by Crippen LogP contribution is -2.28. The van der Waals surface area contributed by atoms with Crippen molar-refractivity contribution in [2.24, 2.45) is 0 Å². The molecule has 0 fully saturated rings. The number of rotatable bonds is 4. The summed E-state index contributed by atoms with van der Waals surface area (Å²) in [5.74, 6) is -0.295. The van der Waals surface area contributed by atoms with Crippen molar-refractivity contribution in [2.75, 3.05) is 12.3 Å². The molecular weight excluding hydrogens is 284 g/mol. The van der Waals surface area contributed by atoms with E-state index in [9.17, 15) is 9.90 Å². The van der Waals surface area contributed by atoms with Crippen LogP contribution in [0.3, 0.4) is 0 Å². The smallest absolute Gasteiger partial charge is 0.251 e. The third-order valence-corrected chi connectivity index (χ3v) is 3.68. The Labute approximate surface area is 119 Å². The first kappa shape index (κ1) is 13.9. The number of carbonyl (C=O) groups is 1. The summed E-state index contributed by atoms with van der Waals surface area (Å²) in [7, 11) is 0. The summed E-state index contributed by atoms with van der Waals surface area (Å²) in [4.78, 5) is 11.9. The molecule has 0 aliphatic carbocycles. The molecule has 1 unspecified atom stereocenters. The highest BCUT2D eigenvalue weighted by atomic mass is 35.5. The molecule has 1 aromatic carbocycles. The monoisotopic (exact) mass is 296 g/mol. The second-order valence-corrected chi connectivity index (χ2v) is 5.21. The largest absolute Gasteiger partial charge is 0.398 e. The zero-order chi connectivity index (χ0) is 13.8. The summed E-state index contributed by atoms with van der Waals surface area (Å²) in [5.41, 5.74) is 7.21. The number of amides is 1. The molecule has 0 saturated carbocycles. The molecule has 6 heteroatoms. The molecule has 2 aromatic rings. The average molecular weight is 297 g/mol. The van der Waals surface area contributed by atoms with Gasteiger partial charge in [-0.2, -0.15) is 11.3 Å². The summed E-state index contributed by atoms with van der Waals surface area (Å²) >= 11 is 7.35. The first-order chi connectivity index (χ1) is 9.08. The van der Waals surface area contributed by atoms with Crippen molar-refractivity contribution < 1.29 is 9.90 Å². The molecule has 1 atom stereocenters. The topological polar surface area (TPSA) is 75.4 Å². The number of aliphatic hydroxyl groups excluding tert-OH is 1. The van der Waals surface area contributed by atoms with Crippen molar-refractivity contribution in [1.82, 2.24) is 5.32 Å². The molecule has 1 aromatic heterocycles. The van der Waals surface area contributed by atoms with E-state index in [1.807, 2.05) is 16.8 Å². The fourth-order valence-electron chi connectivity index (χ4n) is 1.54. The number of nitrogens with one attached hydrogen (secondary N) is 1. The lowest BCUT2D eigenvalue weighted by Gasteiger charge is -2.11. The van der Waals surface area contributed by atoms with E-state index in [1.165, 1.54) is 17.4 Å². The maximum atomic E-state index is 11.9. The molecule has 1 amide bonds. The number of nitrogen functional groups attached to an aromatic ring is 1. The lowest BCUT2D eigenvalue weighted by molar-refractivity contribution is 0.0916. The van der Waals surface area contributed by atoms with Gasteiger partial charge >= 0.3 is 0 Å². The van der Waals surface area contributed by atoms with Gasteiger partial charge in [0.25, 0.3) is 5.91 Å². The van der Waals surface area contributed by atoms with Crippen LogP contribution < -0.4 is 11.1 Å². The zero-order valence-corrected chi connectivity index (χ0v) is 11.5. The molecule has 0 aliphatic heterocycles. The van der Waals surface area contributed by atoms with E-state index in [-0.39, 0.29) is 12.5 Å². The Morgan fingerprint density at radius 3 is 2.89 bits per heavy atom. The second-order valence-electron chi connectivity index (χ2n) is 4.02. The van der Waals surface area contributed by atoms with Crippen LogP contribution in [0.2, 0.25) is 5.02 Å². The number of hydrogen-bond donors (Lipinski definition) is 3. The van der Waals surface area contributed by atoms with Gasteiger partial charge in [0.1, 0.15) is 0 Å². The highest BCUT2D eigenvalue weighted by Gasteiger charge is 2.11. The Kier molecular flexibility index (Phi) is 4.42. The van der Waals surface area contributed by atoms with E-state index in [0.29, 0.717) is 16.3 Å². The minimum atomic E-state index is -0.709. The lowest BCUT2D eigenvalue weighted by atomic mass is 10.1. The van der Waals surface area contributed by atoms with E-state index in [4.69, 9.17) is 17.3 Å². The zero-order valence-electron chi connectivity index (χ0n) is 9.97. The Hall–Kier alpha value is -1.56. The summed E-state index contributed by atoms with van der Waals surface area (Å²) in [6.07, 6.45) is -0.709. The van der Waals surface area contributed by atoms with Crippen LogP contribution in [0, 0.1) is 0 Å². The number of benzene rings is 1. The van der Waals surface area contributed by atoms with Gasteiger partial charge in [0, 0.05) is 12.1 Å². The summed E-state index contributed by atoms with van der Waals surface area (Å²) < 4.78 is 0. The fraction of sp³-hybridized carbons (Fsp3) is 0.154. The molecule has 19 heavy (non-hydrogen) atoms. The molecule has 0 radical (unpaired) electrons. The summed E-state index contributed by atoms with van der Waals surface area (Å²) in [6, 6.07) is 6.49. The maximum Gasteiger partial charge on any atom is 0.251 e. The van der Waals surface area contributed by atoms with Gasteiger partial charge in [-0.25, -0.2) is 0 Å². The molecule has 0 spiro atoms. The van der Waals surface area contributed by atoms with Crippen LogP contribution >= 0.6 is 22.9 Å². The summed E-state index contributed by atoms with van der Waals surface area (Å²) in [5, 5.41) is 16.6. The van der Waals surface area contributed by atoms with Gasteiger partial charge < -0.3 is 16.2 Å². The number of thiophene rings is 1. The quantitative estimate of drug-likeness (QED) is 0.759. The normalized spacial score (nSPS) is 12.1. The average Bonchev–Trinajstić information content (AvgIpc) is 2.92. The van der Waals surface area contributed by atoms with E-state index < -0.39 is 6.10 Å². The molecular formula is C13H13ClN2O2S. The Morgan fingerprint density at radius 2 is 2.26 bits per heavy atom. The number of hydrogen-bond acceptors (Lipinski definition) is 4. The van der Waals surface area contributed by atoms with Crippen LogP contribution in [0.25, 0.3) is 0 Å². The number of nitrogens with two attached hydrogens (primary N) is 1. The molecule has 100 valence electrons. The first-order valence-electron chi connectivity index (χ1n) is 5.61. The van der Waals surface area contributed by atoms with Crippen molar-refractivity contribution in [3.63, 3.8) is 0 Å². The van der Waals surface area contributed by atoms with Crippen LogP contribution in [-0.2, 0) is 0 Å². The maximum absolute atomic E-state index is 11.9. The highest BCUT2D eigenvalue weighted by molar-refractivity contribution is 7.07. The fourth-order valence-corrected chi connectivity index (χ4v) is 2.43. The van der Waals surface area contributed by atoms with Crippen molar-refractivity contribution in [2.45, 2.75) is 6.10 Å². The van der Waals surface area contributed by atoms with Crippen molar-refractivity contribution in [3.8, 4) is 0 Å². The Bertz CT molecular complexity index is 572. The van der Waals surface area contributed by atoms with Crippen molar-refractivity contribution in [1.29, 1.82) is 0 Å². The molecule has 0 bridgehead atoms. The van der Waals surface area contributed by atoms with Gasteiger partial charge in [-0.1, -0.05) is 11.6 Å². The van der Waals surface area contributed by atoms with Crippen LogP contribution in [0.1, 0.15) is 22.0 Å². The van der Waals surface area contributed by atoms with Crippen LogP contribution in [0.5, 0.6) is 0 Å². The minimum Gasteiger partial charge on any atom is -0.398 e. The van der Waals surface area contributed by atoms with Crippen LogP contribution in [-0.4, -0.2) is 17.6 Å². The third kappa shape index (κ3) is 3.47. The van der Waals surface area contributed by atoms with E-state index in [0.717, 1.165) is 5.56 Å². The number of aliphatic hydroxyl groups is 1. The van der Waals surface area contributed by atoms with Gasteiger partial charge in [-0.05, 0) is 40.6 Å². The minimum absolute atomic E-state index is 0.150. The third-order valence-electron chi connectivity index (χ3n) is 2.65. The van der Waals surface area contributed by atoms with Crippen molar-refractivity contribution in [3.05, 3.63) is 51.2 Å². The number of carbonyl (C=O) groups excluding carboxylic acids is 1. The van der Waals surface area contributed by atoms with Gasteiger partial charge in [0.15, 0.2) is 0 Å². The van der Waals surface area contributed by atoms with E-state index in [1.54, 1.807) is 12.1 Å². The first-order valence-corrected chi connectivity index (χ1v) is 6.93. The predicted octanol–water partition coefficient (Wildman–Crippen LogP) is 2.45. The van der Waals surface area contributed by atoms with Gasteiger partial charge in [0.2, 0.25) is 0 Å². The Balaban J connectivity index is 1.96. The van der Waals surface area contributed by atoms with Gasteiger partial charge in [-0.15, -0.1) is 0 Å². The second kappa shape index (κ2) is 6.06. The van der Waals surface area contributed by atoms with Crippen LogP contribution in [0.4, 0.5) is 5.69 Å². The number of halogens is 1. The predicted molar refractivity (Wildman–Crippen MR) is 77.5 cm³/mol. The molecule has 1 heterocycles. The molecule has 0 aliphatic rings. The van der Waals surface area contributed by atoms with E-state index >= 15 is 0 Å². The Morgan fingerprint density at radius 1 is 1.47 bits per heavy atom. The summed E-state index contributed by atoms with van der Waals surface area (Å²) in [6.45, 7) is 0.150. The van der Waals surface area contributed by atoms with Gasteiger partial charge in [-0.3, -0.25) is 4.79 Å². The van der Waals surface area contributed by atoms with Crippen LogP contribution in [0.15, 0.2) is 35.0 Å². The number of anilines is 1. The van der Waals surface area contributed by atoms with E-state index in [2.05, 4.69) is 5.32 Å². The molecule has 4 nitrogen and oxygen atoms in total. The SMILES string of the molecule is Nc1ccc(C(=O)NCC(O)c2ccsc2)cc1Cl. The standard InChI is InChI=1S/C13H13ClN2O2S/c14-10-5-8(1-2-11(10)15)13(18)16-6-12(17)9-3-4-19-7-9/h1-5,7,12,17H,6,15H2,(H,16,18). The molecule has 0 saturated heterocycles. The highest BCUT2D eigenvalue weighted by Crippen LogP contribution is 2.20. The molecule has 4 N–H and O–H groups in total. The molecule has 2 rings (SSSR count).